The van der Waals surface area contributed by atoms with Crippen LogP contribution in [0.3, 0.4) is 0 Å². The minimum Gasteiger partial charge on any atom is -0.494 e. The van der Waals surface area contributed by atoms with Gasteiger partial charge in [-0.05, 0) is 50.6 Å². The molecule has 20 heavy (non-hydrogen) atoms. The summed E-state index contributed by atoms with van der Waals surface area (Å²) in [5.74, 6) is 1.04. The Hall–Kier alpha value is -1.35. The van der Waals surface area contributed by atoms with Crippen molar-refractivity contribution >= 4 is 5.78 Å². The molecular formula is C17H25NO2. The van der Waals surface area contributed by atoms with Gasteiger partial charge in [-0.15, -0.1) is 0 Å². The first kappa shape index (κ1) is 15.0. The van der Waals surface area contributed by atoms with Gasteiger partial charge in [0.05, 0.1) is 13.2 Å². The zero-order valence-corrected chi connectivity index (χ0v) is 12.6. The van der Waals surface area contributed by atoms with Crippen LogP contribution in [0.2, 0.25) is 0 Å². The molecule has 0 aromatic heterocycles. The lowest BCUT2D eigenvalue weighted by atomic mass is 10.1. The lowest BCUT2D eigenvalue weighted by Crippen LogP contribution is -2.37. The lowest BCUT2D eigenvalue weighted by molar-refractivity contribution is 0.0899. The zero-order valence-electron chi connectivity index (χ0n) is 12.6. The van der Waals surface area contributed by atoms with Gasteiger partial charge >= 0.3 is 0 Å². The van der Waals surface area contributed by atoms with Crippen molar-refractivity contribution in [2.45, 2.75) is 45.6 Å². The number of nitrogens with zero attached hydrogens (tertiary/aromatic N) is 1. The maximum Gasteiger partial charge on any atom is 0.176 e. The Morgan fingerprint density at radius 3 is 2.40 bits per heavy atom. The van der Waals surface area contributed by atoms with Crippen molar-refractivity contribution in [3.63, 3.8) is 0 Å². The molecule has 1 aromatic rings. The normalized spacial score (nSPS) is 15.8. The molecular weight excluding hydrogens is 250 g/mol. The van der Waals surface area contributed by atoms with E-state index in [-0.39, 0.29) is 5.78 Å². The van der Waals surface area contributed by atoms with Crippen molar-refractivity contribution in [2.75, 3.05) is 19.7 Å². The number of hydrogen-bond acceptors (Lipinski definition) is 3. The Kier molecular flexibility index (Phi) is 5.60. The summed E-state index contributed by atoms with van der Waals surface area (Å²) in [5, 5.41) is 0. The Balaban J connectivity index is 1.95. The molecule has 0 spiro atoms. The van der Waals surface area contributed by atoms with Crippen molar-refractivity contribution < 1.29 is 9.53 Å². The smallest absolute Gasteiger partial charge is 0.176 e. The first-order chi connectivity index (χ1) is 9.74. The number of Topliss-reactive ketones (excluding diaryl/α,β-unsaturated/α-hetero) is 1. The van der Waals surface area contributed by atoms with E-state index >= 15 is 0 Å². The van der Waals surface area contributed by atoms with Crippen LogP contribution in [0.4, 0.5) is 0 Å². The quantitative estimate of drug-likeness (QED) is 0.713. The molecule has 0 bridgehead atoms. The van der Waals surface area contributed by atoms with Gasteiger partial charge in [0.25, 0.3) is 0 Å². The predicted molar refractivity (Wildman–Crippen MR) is 81.4 cm³/mol. The highest BCUT2D eigenvalue weighted by molar-refractivity contribution is 5.97. The van der Waals surface area contributed by atoms with Crippen LogP contribution in [0, 0.1) is 0 Å². The van der Waals surface area contributed by atoms with Gasteiger partial charge < -0.3 is 4.74 Å². The summed E-state index contributed by atoms with van der Waals surface area (Å²) in [4.78, 5) is 14.7. The van der Waals surface area contributed by atoms with Crippen molar-refractivity contribution in [1.29, 1.82) is 0 Å². The molecule has 0 amide bonds. The minimum atomic E-state index is 0.210. The molecule has 0 heterocycles. The standard InChI is InChI=1S/C17H25NO2/c1-3-18(15-7-5-6-8-15)13-17(19)14-9-11-16(12-10-14)20-4-2/h9-12,15H,3-8,13H2,1-2H3. The average molecular weight is 275 g/mol. The Morgan fingerprint density at radius 2 is 1.85 bits per heavy atom. The van der Waals surface area contributed by atoms with Crippen molar-refractivity contribution in [3.05, 3.63) is 29.8 Å². The summed E-state index contributed by atoms with van der Waals surface area (Å²) in [6, 6.07) is 8.10. The number of carbonyl (C=O) groups is 1. The molecule has 110 valence electrons. The molecule has 1 aliphatic carbocycles. The maximum atomic E-state index is 12.4. The molecule has 2 rings (SSSR count). The molecule has 1 aromatic carbocycles. The highest BCUT2D eigenvalue weighted by Crippen LogP contribution is 2.23. The van der Waals surface area contributed by atoms with Crippen molar-refractivity contribution in [1.82, 2.24) is 4.90 Å². The lowest BCUT2D eigenvalue weighted by Gasteiger charge is -2.26. The van der Waals surface area contributed by atoms with Crippen LogP contribution in [0.5, 0.6) is 5.75 Å². The number of ether oxygens (including phenoxy) is 1. The SMILES string of the molecule is CCOc1ccc(C(=O)CN(CC)C2CCCC2)cc1. The van der Waals surface area contributed by atoms with Crippen LogP contribution in [0.15, 0.2) is 24.3 Å². The molecule has 0 aliphatic heterocycles. The number of benzene rings is 1. The molecule has 0 N–H and O–H groups in total. The van der Waals surface area contributed by atoms with Gasteiger partial charge in [-0.1, -0.05) is 19.8 Å². The van der Waals surface area contributed by atoms with E-state index in [2.05, 4.69) is 11.8 Å². The van der Waals surface area contributed by atoms with E-state index in [0.29, 0.717) is 19.2 Å². The first-order valence-corrected chi connectivity index (χ1v) is 7.74. The van der Waals surface area contributed by atoms with E-state index in [0.717, 1.165) is 17.9 Å². The van der Waals surface area contributed by atoms with E-state index in [1.54, 1.807) is 0 Å². The third-order valence-electron chi connectivity index (χ3n) is 4.08. The highest BCUT2D eigenvalue weighted by atomic mass is 16.5. The third kappa shape index (κ3) is 3.83. The molecule has 1 fully saturated rings. The van der Waals surface area contributed by atoms with E-state index in [1.165, 1.54) is 25.7 Å². The van der Waals surface area contributed by atoms with E-state index < -0.39 is 0 Å². The first-order valence-electron chi connectivity index (χ1n) is 7.74. The van der Waals surface area contributed by atoms with Gasteiger partial charge in [0.1, 0.15) is 5.75 Å². The van der Waals surface area contributed by atoms with Crippen LogP contribution in [-0.4, -0.2) is 36.4 Å². The van der Waals surface area contributed by atoms with Gasteiger partial charge in [0, 0.05) is 11.6 Å². The molecule has 0 saturated heterocycles. The molecule has 1 aliphatic rings. The predicted octanol–water partition coefficient (Wildman–Crippen LogP) is 3.53. The van der Waals surface area contributed by atoms with Crippen LogP contribution < -0.4 is 4.74 Å². The second-order valence-electron chi connectivity index (χ2n) is 5.38. The summed E-state index contributed by atoms with van der Waals surface area (Å²) in [5.41, 5.74) is 0.782. The van der Waals surface area contributed by atoms with E-state index in [4.69, 9.17) is 4.74 Å². The molecule has 0 radical (unpaired) electrons. The summed E-state index contributed by atoms with van der Waals surface area (Å²) in [7, 11) is 0. The minimum absolute atomic E-state index is 0.210. The number of likely N-dealkylation sites (N-methyl/N-ethyl adjacent to an activating group) is 1. The molecule has 1 saturated carbocycles. The Bertz CT molecular complexity index is 421. The Morgan fingerprint density at radius 1 is 1.20 bits per heavy atom. The second kappa shape index (κ2) is 7.44. The maximum absolute atomic E-state index is 12.4. The number of carbonyl (C=O) groups excluding carboxylic acids is 1. The fraction of sp³-hybridized carbons (Fsp3) is 0.588. The van der Waals surface area contributed by atoms with E-state index in [9.17, 15) is 4.79 Å². The average Bonchev–Trinajstić information content (AvgIpc) is 2.99. The molecule has 0 atom stereocenters. The molecule has 0 unspecified atom stereocenters. The van der Waals surface area contributed by atoms with Crippen LogP contribution >= 0.6 is 0 Å². The summed E-state index contributed by atoms with van der Waals surface area (Å²) < 4.78 is 5.40. The van der Waals surface area contributed by atoms with Crippen LogP contribution in [0.1, 0.15) is 49.9 Å². The van der Waals surface area contributed by atoms with Gasteiger partial charge in [0.15, 0.2) is 5.78 Å². The third-order valence-corrected chi connectivity index (χ3v) is 4.08. The van der Waals surface area contributed by atoms with Crippen molar-refractivity contribution in [3.8, 4) is 5.75 Å². The summed E-state index contributed by atoms with van der Waals surface area (Å²) in [6.45, 7) is 6.24. The van der Waals surface area contributed by atoms with Crippen molar-refractivity contribution in [2.24, 2.45) is 0 Å². The molecule has 3 nitrogen and oxygen atoms in total. The van der Waals surface area contributed by atoms with Crippen LogP contribution in [-0.2, 0) is 0 Å². The van der Waals surface area contributed by atoms with Gasteiger partial charge in [0.2, 0.25) is 0 Å². The summed E-state index contributed by atoms with van der Waals surface area (Å²) >= 11 is 0. The number of ketones is 1. The fourth-order valence-corrected chi connectivity index (χ4v) is 2.95. The number of rotatable bonds is 7. The molecule has 3 heteroatoms. The van der Waals surface area contributed by atoms with E-state index in [1.807, 2.05) is 31.2 Å². The second-order valence-corrected chi connectivity index (χ2v) is 5.38. The van der Waals surface area contributed by atoms with Gasteiger partial charge in [-0.25, -0.2) is 0 Å². The number of hydrogen-bond donors (Lipinski definition) is 0. The zero-order chi connectivity index (χ0) is 14.4. The van der Waals surface area contributed by atoms with Crippen LogP contribution in [0.25, 0.3) is 0 Å². The largest absolute Gasteiger partial charge is 0.494 e. The Labute approximate surface area is 121 Å². The fourth-order valence-electron chi connectivity index (χ4n) is 2.95. The van der Waals surface area contributed by atoms with Gasteiger partial charge in [-0.3, -0.25) is 9.69 Å². The topological polar surface area (TPSA) is 29.5 Å². The summed E-state index contributed by atoms with van der Waals surface area (Å²) in [6.07, 6.45) is 5.09. The highest BCUT2D eigenvalue weighted by Gasteiger charge is 2.23. The van der Waals surface area contributed by atoms with Gasteiger partial charge in [-0.2, -0.15) is 0 Å². The monoisotopic (exact) mass is 275 g/mol.